The van der Waals surface area contributed by atoms with Gasteiger partial charge < -0.3 is 10.2 Å². The standard InChI is InChI=1S/C14H27N3/c1-2-17-8-3-4-14(17)11-16-9-7-13(10-16)15-12-5-6-12/h12-15H,2-11H2,1H3. The van der Waals surface area contributed by atoms with Crippen molar-refractivity contribution in [2.75, 3.05) is 32.7 Å². The van der Waals surface area contributed by atoms with Crippen LogP contribution in [-0.4, -0.2) is 60.6 Å². The van der Waals surface area contributed by atoms with Crippen molar-refractivity contribution in [3.05, 3.63) is 0 Å². The van der Waals surface area contributed by atoms with Gasteiger partial charge in [-0.25, -0.2) is 0 Å². The maximum atomic E-state index is 3.78. The van der Waals surface area contributed by atoms with Crippen LogP contribution in [0.25, 0.3) is 0 Å². The normalized spacial score (nSPS) is 35.8. The van der Waals surface area contributed by atoms with Crippen molar-refractivity contribution in [3.63, 3.8) is 0 Å². The monoisotopic (exact) mass is 237 g/mol. The molecule has 2 unspecified atom stereocenters. The lowest BCUT2D eigenvalue weighted by Gasteiger charge is -2.27. The zero-order valence-corrected chi connectivity index (χ0v) is 11.2. The van der Waals surface area contributed by atoms with E-state index in [1.54, 1.807) is 0 Å². The van der Waals surface area contributed by atoms with Gasteiger partial charge in [0.05, 0.1) is 0 Å². The molecule has 3 nitrogen and oxygen atoms in total. The van der Waals surface area contributed by atoms with E-state index in [0.29, 0.717) is 0 Å². The van der Waals surface area contributed by atoms with E-state index in [2.05, 4.69) is 22.0 Å². The lowest BCUT2D eigenvalue weighted by Crippen LogP contribution is -2.41. The third-order valence-corrected chi connectivity index (χ3v) is 4.70. The summed E-state index contributed by atoms with van der Waals surface area (Å²) in [5.41, 5.74) is 0. The first-order valence-electron chi connectivity index (χ1n) is 7.57. The fourth-order valence-electron chi connectivity index (χ4n) is 3.53. The Balaban J connectivity index is 1.43. The van der Waals surface area contributed by atoms with Crippen molar-refractivity contribution in [2.45, 2.75) is 57.2 Å². The van der Waals surface area contributed by atoms with Gasteiger partial charge in [-0.3, -0.25) is 4.90 Å². The molecular formula is C14H27N3. The minimum Gasteiger partial charge on any atom is -0.310 e. The molecule has 0 amide bonds. The molecular weight excluding hydrogens is 210 g/mol. The Morgan fingerprint density at radius 1 is 1.06 bits per heavy atom. The average molecular weight is 237 g/mol. The summed E-state index contributed by atoms with van der Waals surface area (Å²) in [5.74, 6) is 0. The van der Waals surface area contributed by atoms with Gasteiger partial charge in [0, 0.05) is 31.2 Å². The molecule has 1 N–H and O–H groups in total. The summed E-state index contributed by atoms with van der Waals surface area (Å²) in [6.45, 7) is 8.81. The van der Waals surface area contributed by atoms with Gasteiger partial charge in [0.2, 0.25) is 0 Å². The fourth-order valence-corrected chi connectivity index (χ4v) is 3.53. The van der Waals surface area contributed by atoms with Crippen LogP contribution < -0.4 is 5.32 Å². The molecule has 17 heavy (non-hydrogen) atoms. The summed E-state index contributed by atoms with van der Waals surface area (Å²) in [5, 5.41) is 3.78. The lowest BCUT2D eigenvalue weighted by molar-refractivity contribution is 0.196. The Hall–Kier alpha value is -0.120. The second-order valence-corrected chi connectivity index (χ2v) is 6.11. The van der Waals surface area contributed by atoms with Crippen LogP contribution >= 0.6 is 0 Å². The largest absolute Gasteiger partial charge is 0.310 e. The molecule has 3 rings (SSSR count). The van der Waals surface area contributed by atoms with E-state index in [9.17, 15) is 0 Å². The summed E-state index contributed by atoms with van der Waals surface area (Å²) in [6, 6.07) is 2.51. The third-order valence-electron chi connectivity index (χ3n) is 4.70. The van der Waals surface area contributed by atoms with Crippen molar-refractivity contribution in [2.24, 2.45) is 0 Å². The second kappa shape index (κ2) is 5.25. The quantitative estimate of drug-likeness (QED) is 0.777. The van der Waals surface area contributed by atoms with Crippen LogP contribution in [0.15, 0.2) is 0 Å². The van der Waals surface area contributed by atoms with E-state index in [0.717, 1.165) is 18.1 Å². The molecule has 0 bridgehead atoms. The highest BCUT2D eigenvalue weighted by molar-refractivity contribution is 4.91. The number of nitrogens with zero attached hydrogens (tertiary/aromatic N) is 2. The number of hydrogen-bond donors (Lipinski definition) is 1. The predicted octanol–water partition coefficient (Wildman–Crippen LogP) is 1.30. The minimum atomic E-state index is 0.791. The molecule has 0 spiro atoms. The van der Waals surface area contributed by atoms with Gasteiger partial charge in [0.15, 0.2) is 0 Å². The van der Waals surface area contributed by atoms with Gasteiger partial charge >= 0.3 is 0 Å². The maximum Gasteiger partial charge on any atom is 0.0223 e. The number of hydrogen-bond acceptors (Lipinski definition) is 3. The smallest absolute Gasteiger partial charge is 0.0223 e. The molecule has 98 valence electrons. The van der Waals surface area contributed by atoms with Crippen LogP contribution in [0.5, 0.6) is 0 Å². The summed E-state index contributed by atoms with van der Waals surface area (Å²) in [7, 11) is 0. The maximum absolute atomic E-state index is 3.78. The van der Waals surface area contributed by atoms with Gasteiger partial charge in [-0.1, -0.05) is 6.92 Å². The molecule has 2 heterocycles. The van der Waals surface area contributed by atoms with Crippen molar-refractivity contribution in [1.29, 1.82) is 0 Å². The van der Waals surface area contributed by atoms with Crippen molar-refractivity contribution in [1.82, 2.24) is 15.1 Å². The third kappa shape index (κ3) is 3.01. The number of likely N-dealkylation sites (tertiary alicyclic amines) is 2. The van der Waals surface area contributed by atoms with Crippen molar-refractivity contribution in [3.8, 4) is 0 Å². The van der Waals surface area contributed by atoms with Crippen molar-refractivity contribution >= 4 is 0 Å². The molecule has 3 fully saturated rings. The summed E-state index contributed by atoms with van der Waals surface area (Å²) in [4.78, 5) is 5.36. The van der Waals surface area contributed by atoms with Crippen LogP contribution in [0.4, 0.5) is 0 Å². The predicted molar refractivity (Wildman–Crippen MR) is 71.3 cm³/mol. The molecule has 2 atom stereocenters. The number of rotatable bonds is 5. The van der Waals surface area contributed by atoms with E-state index in [-0.39, 0.29) is 0 Å². The average Bonchev–Trinajstić information content (AvgIpc) is 2.86. The molecule has 2 aliphatic heterocycles. The molecule has 1 aliphatic carbocycles. The van der Waals surface area contributed by atoms with E-state index in [1.807, 2.05) is 0 Å². The molecule has 3 heteroatoms. The SMILES string of the molecule is CCN1CCCC1CN1CCC(NC2CC2)C1. The highest BCUT2D eigenvalue weighted by Gasteiger charge is 2.31. The van der Waals surface area contributed by atoms with Crippen LogP contribution in [0, 0.1) is 0 Å². The topological polar surface area (TPSA) is 18.5 Å². The van der Waals surface area contributed by atoms with E-state index in [4.69, 9.17) is 0 Å². The van der Waals surface area contributed by atoms with Crippen LogP contribution in [0.2, 0.25) is 0 Å². The Morgan fingerprint density at radius 3 is 2.71 bits per heavy atom. The van der Waals surface area contributed by atoms with Gasteiger partial charge in [-0.05, 0) is 51.7 Å². The fraction of sp³-hybridized carbons (Fsp3) is 1.00. The van der Waals surface area contributed by atoms with Crippen LogP contribution in [0.1, 0.15) is 39.0 Å². The van der Waals surface area contributed by atoms with E-state index in [1.165, 1.54) is 64.8 Å². The molecule has 0 radical (unpaired) electrons. The molecule has 0 aromatic heterocycles. The summed E-state index contributed by atoms with van der Waals surface area (Å²) < 4.78 is 0. The van der Waals surface area contributed by atoms with Gasteiger partial charge in [0.25, 0.3) is 0 Å². The second-order valence-electron chi connectivity index (χ2n) is 6.11. The first-order valence-corrected chi connectivity index (χ1v) is 7.57. The number of nitrogens with one attached hydrogen (secondary N) is 1. The minimum absolute atomic E-state index is 0.791. The summed E-state index contributed by atoms with van der Waals surface area (Å²) >= 11 is 0. The van der Waals surface area contributed by atoms with Crippen molar-refractivity contribution < 1.29 is 0 Å². The highest BCUT2D eigenvalue weighted by Crippen LogP contribution is 2.23. The first kappa shape index (κ1) is 11.9. The highest BCUT2D eigenvalue weighted by atomic mass is 15.3. The molecule has 0 aromatic rings. The summed E-state index contributed by atoms with van der Waals surface area (Å²) in [6.07, 6.45) is 7.04. The Morgan fingerprint density at radius 2 is 1.94 bits per heavy atom. The lowest BCUT2D eigenvalue weighted by atomic mass is 10.2. The van der Waals surface area contributed by atoms with Crippen LogP contribution in [-0.2, 0) is 0 Å². The Bertz CT molecular complexity index is 252. The molecule has 1 saturated carbocycles. The van der Waals surface area contributed by atoms with Crippen LogP contribution in [0.3, 0.4) is 0 Å². The molecule has 3 aliphatic rings. The van der Waals surface area contributed by atoms with E-state index < -0.39 is 0 Å². The Kier molecular flexibility index (Phi) is 3.69. The first-order chi connectivity index (χ1) is 8.35. The van der Waals surface area contributed by atoms with Gasteiger partial charge in [-0.15, -0.1) is 0 Å². The zero-order chi connectivity index (χ0) is 11.7. The molecule has 2 saturated heterocycles. The Labute approximate surface area is 106 Å². The van der Waals surface area contributed by atoms with E-state index >= 15 is 0 Å². The van der Waals surface area contributed by atoms with Gasteiger partial charge in [-0.2, -0.15) is 0 Å². The number of likely N-dealkylation sites (N-methyl/N-ethyl adjacent to an activating group) is 1. The van der Waals surface area contributed by atoms with Gasteiger partial charge in [0.1, 0.15) is 0 Å². The zero-order valence-electron chi connectivity index (χ0n) is 11.2. The molecule has 0 aromatic carbocycles.